The average Bonchev–Trinajstić information content (AvgIpc) is 2.86. The zero-order chi connectivity index (χ0) is 13.8. The number of hydrazine groups is 1. The summed E-state index contributed by atoms with van der Waals surface area (Å²) >= 11 is 5.73. The Morgan fingerprint density at radius 2 is 2.16 bits per heavy atom. The Morgan fingerprint density at radius 3 is 2.74 bits per heavy atom. The van der Waals surface area contributed by atoms with Gasteiger partial charge in [0.25, 0.3) is 0 Å². The van der Waals surface area contributed by atoms with Crippen LogP contribution in [-0.2, 0) is 12.8 Å². The lowest BCUT2D eigenvalue weighted by atomic mass is 10.0. The summed E-state index contributed by atoms with van der Waals surface area (Å²) < 4.78 is 19.4. The van der Waals surface area contributed by atoms with Crippen LogP contribution >= 0.6 is 11.6 Å². The standard InChI is InChI=1S/C14H16ClFN2O/c1-2-11-5-6-14(19-11)13(18-17)7-9-3-4-10(15)8-12(9)16/h3-6,8,13,18H,2,7,17H2,1H3. The van der Waals surface area contributed by atoms with Gasteiger partial charge in [0, 0.05) is 11.4 Å². The van der Waals surface area contributed by atoms with Gasteiger partial charge in [0.05, 0.1) is 6.04 Å². The lowest BCUT2D eigenvalue weighted by molar-refractivity contribution is 0.393. The molecule has 1 aromatic heterocycles. The van der Waals surface area contributed by atoms with E-state index in [4.69, 9.17) is 21.9 Å². The number of hydrogen-bond acceptors (Lipinski definition) is 3. The number of rotatable bonds is 5. The minimum Gasteiger partial charge on any atom is -0.464 e. The lowest BCUT2D eigenvalue weighted by Crippen LogP contribution is -2.29. The molecule has 1 atom stereocenters. The molecule has 3 nitrogen and oxygen atoms in total. The van der Waals surface area contributed by atoms with Crippen molar-refractivity contribution in [2.24, 2.45) is 5.84 Å². The van der Waals surface area contributed by atoms with Gasteiger partial charge in [-0.1, -0.05) is 24.6 Å². The van der Waals surface area contributed by atoms with E-state index in [9.17, 15) is 4.39 Å². The van der Waals surface area contributed by atoms with Crippen molar-refractivity contribution in [3.8, 4) is 0 Å². The fourth-order valence-corrected chi connectivity index (χ4v) is 2.08. The Hall–Kier alpha value is -1.36. The van der Waals surface area contributed by atoms with E-state index in [1.165, 1.54) is 6.07 Å². The second kappa shape index (κ2) is 6.19. The normalized spacial score (nSPS) is 12.6. The summed E-state index contributed by atoms with van der Waals surface area (Å²) in [6.45, 7) is 2.01. The van der Waals surface area contributed by atoms with Crippen molar-refractivity contribution in [2.75, 3.05) is 0 Å². The molecule has 1 heterocycles. The zero-order valence-corrected chi connectivity index (χ0v) is 11.4. The molecule has 1 unspecified atom stereocenters. The van der Waals surface area contributed by atoms with Crippen LogP contribution < -0.4 is 11.3 Å². The van der Waals surface area contributed by atoms with Crippen LogP contribution in [0.15, 0.2) is 34.7 Å². The van der Waals surface area contributed by atoms with E-state index in [-0.39, 0.29) is 11.9 Å². The molecular weight excluding hydrogens is 267 g/mol. The van der Waals surface area contributed by atoms with Crippen molar-refractivity contribution in [2.45, 2.75) is 25.8 Å². The highest BCUT2D eigenvalue weighted by atomic mass is 35.5. The first-order valence-electron chi connectivity index (χ1n) is 6.12. The van der Waals surface area contributed by atoms with Gasteiger partial charge in [-0.3, -0.25) is 5.84 Å². The predicted octanol–water partition coefficient (Wildman–Crippen LogP) is 3.38. The number of nitrogens with one attached hydrogen (secondary N) is 1. The molecule has 0 aliphatic heterocycles. The minimum atomic E-state index is -0.338. The summed E-state index contributed by atoms with van der Waals surface area (Å²) in [5, 5.41) is 0.379. The first kappa shape index (κ1) is 14.1. The molecule has 0 saturated heterocycles. The number of furan rings is 1. The molecule has 102 valence electrons. The van der Waals surface area contributed by atoms with Gasteiger partial charge in [0.15, 0.2) is 0 Å². The quantitative estimate of drug-likeness (QED) is 0.653. The van der Waals surface area contributed by atoms with Crippen LogP contribution in [0.3, 0.4) is 0 Å². The molecule has 5 heteroatoms. The molecule has 2 aromatic rings. The van der Waals surface area contributed by atoms with Gasteiger partial charge in [0.1, 0.15) is 17.3 Å². The Kier molecular flexibility index (Phi) is 4.58. The summed E-state index contributed by atoms with van der Waals surface area (Å²) in [4.78, 5) is 0. The number of nitrogens with two attached hydrogens (primary N) is 1. The number of hydrogen-bond donors (Lipinski definition) is 2. The van der Waals surface area contributed by atoms with Crippen molar-refractivity contribution < 1.29 is 8.81 Å². The van der Waals surface area contributed by atoms with Crippen LogP contribution in [0.1, 0.15) is 30.0 Å². The van der Waals surface area contributed by atoms with Crippen LogP contribution in [0.4, 0.5) is 4.39 Å². The molecule has 0 radical (unpaired) electrons. The van der Waals surface area contributed by atoms with E-state index in [0.29, 0.717) is 22.8 Å². The van der Waals surface area contributed by atoms with Gasteiger partial charge in [-0.15, -0.1) is 0 Å². The molecule has 2 rings (SSSR count). The molecule has 0 bridgehead atoms. The van der Waals surface area contributed by atoms with Gasteiger partial charge in [0.2, 0.25) is 0 Å². The van der Waals surface area contributed by atoms with Crippen LogP contribution in [0, 0.1) is 5.82 Å². The molecule has 0 amide bonds. The summed E-state index contributed by atoms with van der Waals surface area (Å²) in [7, 11) is 0. The van der Waals surface area contributed by atoms with Crippen LogP contribution in [0.2, 0.25) is 5.02 Å². The topological polar surface area (TPSA) is 51.2 Å². The maximum absolute atomic E-state index is 13.8. The highest BCUT2D eigenvalue weighted by molar-refractivity contribution is 6.30. The zero-order valence-electron chi connectivity index (χ0n) is 10.6. The summed E-state index contributed by atoms with van der Waals surface area (Å²) in [5.41, 5.74) is 3.20. The van der Waals surface area contributed by atoms with E-state index >= 15 is 0 Å². The van der Waals surface area contributed by atoms with Crippen LogP contribution in [0.25, 0.3) is 0 Å². The van der Waals surface area contributed by atoms with Crippen molar-refractivity contribution in [1.29, 1.82) is 0 Å². The van der Waals surface area contributed by atoms with Gasteiger partial charge < -0.3 is 4.42 Å². The van der Waals surface area contributed by atoms with E-state index in [0.717, 1.165) is 12.2 Å². The molecule has 0 spiro atoms. The van der Waals surface area contributed by atoms with Crippen LogP contribution in [0.5, 0.6) is 0 Å². The second-order valence-corrected chi connectivity index (χ2v) is 4.75. The Bertz CT molecular complexity index is 556. The molecule has 0 saturated carbocycles. The first-order valence-corrected chi connectivity index (χ1v) is 6.50. The van der Waals surface area contributed by atoms with Gasteiger partial charge in [-0.25, -0.2) is 9.82 Å². The van der Waals surface area contributed by atoms with Crippen molar-refractivity contribution in [1.82, 2.24) is 5.43 Å². The molecule has 3 N–H and O–H groups in total. The van der Waals surface area contributed by atoms with Gasteiger partial charge in [-0.2, -0.15) is 0 Å². The molecule has 1 aromatic carbocycles. The number of halogens is 2. The van der Waals surface area contributed by atoms with Crippen molar-refractivity contribution in [3.05, 3.63) is 58.3 Å². The smallest absolute Gasteiger partial charge is 0.127 e. The number of aryl methyl sites for hydroxylation is 1. The molecular formula is C14H16ClFN2O. The van der Waals surface area contributed by atoms with Gasteiger partial charge >= 0.3 is 0 Å². The molecule has 19 heavy (non-hydrogen) atoms. The number of benzene rings is 1. The highest BCUT2D eigenvalue weighted by Crippen LogP contribution is 2.23. The average molecular weight is 283 g/mol. The Labute approximate surface area is 116 Å². The molecule has 0 aliphatic rings. The Morgan fingerprint density at radius 1 is 1.37 bits per heavy atom. The van der Waals surface area contributed by atoms with Gasteiger partial charge in [-0.05, 0) is 36.2 Å². The second-order valence-electron chi connectivity index (χ2n) is 4.32. The first-order chi connectivity index (χ1) is 9.13. The lowest BCUT2D eigenvalue weighted by Gasteiger charge is -2.14. The van der Waals surface area contributed by atoms with E-state index in [1.54, 1.807) is 12.1 Å². The third-order valence-corrected chi connectivity index (χ3v) is 3.25. The van der Waals surface area contributed by atoms with E-state index in [2.05, 4.69) is 5.43 Å². The molecule has 0 fully saturated rings. The third-order valence-electron chi connectivity index (χ3n) is 3.01. The third kappa shape index (κ3) is 3.35. The minimum absolute atomic E-state index is 0.268. The van der Waals surface area contributed by atoms with E-state index in [1.807, 2.05) is 19.1 Å². The maximum atomic E-state index is 13.8. The van der Waals surface area contributed by atoms with Crippen molar-refractivity contribution >= 4 is 11.6 Å². The summed E-state index contributed by atoms with van der Waals surface area (Å²) in [6.07, 6.45) is 1.21. The maximum Gasteiger partial charge on any atom is 0.127 e. The fraction of sp³-hybridized carbons (Fsp3) is 0.286. The highest BCUT2D eigenvalue weighted by Gasteiger charge is 2.16. The molecule has 0 aliphatic carbocycles. The predicted molar refractivity (Wildman–Crippen MR) is 73.3 cm³/mol. The largest absolute Gasteiger partial charge is 0.464 e. The monoisotopic (exact) mass is 282 g/mol. The van der Waals surface area contributed by atoms with Crippen molar-refractivity contribution in [3.63, 3.8) is 0 Å². The van der Waals surface area contributed by atoms with E-state index < -0.39 is 0 Å². The summed E-state index contributed by atoms with van der Waals surface area (Å²) in [5.74, 6) is 6.77. The van der Waals surface area contributed by atoms with Crippen LogP contribution in [-0.4, -0.2) is 0 Å². The Balaban J connectivity index is 2.18. The SMILES string of the molecule is CCc1ccc(C(Cc2ccc(Cl)cc2F)NN)o1. The fourth-order valence-electron chi connectivity index (χ4n) is 1.92. The summed E-state index contributed by atoms with van der Waals surface area (Å²) in [6, 6.07) is 8.11.